The molecule has 2 saturated heterocycles. The van der Waals surface area contributed by atoms with Gasteiger partial charge in [0.05, 0.1) is 42.8 Å². The van der Waals surface area contributed by atoms with Crippen LogP contribution in [0.5, 0.6) is 0 Å². The van der Waals surface area contributed by atoms with Gasteiger partial charge in [0, 0.05) is 37.9 Å². The zero-order valence-corrected chi connectivity index (χ0v) is 19.1. The highest BCUT2D eigenvalue weighted by Crippen LogP contribution is 2.34. The molecule has 184 valence electrons. The van der Waals surface area contributed by atoms with E-state index >= 15 is 8.78 Å². The van der Waals surface area contributed by atoms with Crippen molar-refractivity contribution in [2.75, 3.05) is 44.2 Å². The van der Waals surface area contributed by atoms with E-state index in [1.807, 2.05) is 19.1 Å². The number of rotatable bonds is 4. The molecule has 1 atom stereocenters. The van der Waals surface area contributed by atoms with E-state index in [2.05, 4.69) is 10.3 Å². The van der Waals surface area contributed by atoms with E-state index in [0.29, 0.717) is 24.4 Å². The molecule has 2 N–H and O–H groups in total. The lowest BCUT2D eigenvalue weighted by molar-refractivity contribution is -0.118. The van der Waals surface area contributed by atoms with Gasteiger partial charge in [-0.25, -0.2) is 18.6 Å². The van der Waals surface area contributed by atoms with Gasteiger partial charge in [0.2, 0.25) is 5.91 Å². The third kappa shape index (κ3) is 4.44. The van der Waals surface area contributed by atoms with Crippen LogP contribution in [-0.2, 0) is 16.0 Å². The number of carbonyl (C=O) groups excluding carboxylic acids is 1. The number of anilines is 1. The standard InChI is InChI=1S/C24H25F2N5O4/c1-14-2-4-31-19(11-16-13-29(24(33)34)6-7-35-16)23(28-20(31)8-14)22-17(25)9-15(10-18(22)26)30-5-3-27-12-21(30)32/h2,4,8-10,16,27H,3,5-7,11-13H2,1H3,(H,33,34)/t16-/m0/s1. The zero-order chi connectivity index (χ0) is 24.7. The minimum absolute atomic E-state index is 0.107. The number of ether oxygens (including phenoxy) is 1. The van der Waals surface area contributed by atoms with Gasteiger partial charge in [-0.15, -0.1) is 0 Å². The van der Waals surface area contributed by atoms with Crippen LogP contribution in [0.1, 0.15) is 11.3 Å². The average Bonchev–Trinajstić information content (AvgIpc) is 3.15. The van der Waals surface area contributed by atoms with Crippen LogP contribution in [0.4, 0.5) is 19.3 Å². The fraction of sp³-hybridized carbons (Fsp3) is 0.375. The van der Waals surface area contributed by atoms with E-state index in [4.69, 9.17) is 4.74 Å². The normalized spacial score (nSPS) is 18.9. The summed E-state index contributed by atoms with van der Waals surface area (Å²) >= 11 is 0. The summed E-state index contributed by atoms with van der Waals surface area (Å²) in [6.45, 7) is 3.48. The summed E-state index contributed by atoms with van der Waals surface area (Å²) in [5.74, 6) is -1.92. The Labute approximate surface area is 199 Å². The van der Waals surface area contributed by atoms with Gasteiger partial charge < -0.3 is 29.4 Å². The van der Waals surface area contributed by atoms with Gasteiger partial charge >= 0.3 is 6.09 Å². The Morgan fingerprint density at radius 2 is 2.03 bits per heavy atom. The van der Waals surface area contributed by atoms with Gasteiger partial charge in [-0.2, -0.15) is 0 Å². The molecule has 2 aliphatic heterocycles. The molecule has 35 heavy (non-hydrogen) atoms. The van der Waals surface area contributed by atoms with Gasteiger partial charge in [-0.1, -0.05) is 0 Å². The Morgan fingerprint density at radius 1 is 1.26 bits per heavy atom. The topological polar surface area (TPSA) is 99.4 Å². The summed E-state index contributed by atoms with van der Waals surface area (Å²) in [5.41, 5.74) is 1.95. The summed E-state index contributed by atoms with van der Waals surface area (Å²) in [6.07, 6.45) is 0.448. The number of imidazole rings is 1. The summed E-state index contributed by atoms with van der Waals surface area (Å²) in [6, 6.07) is 5.98. The number of fused-ring (bicyclic) bond motifs is 1. The van der Waals surface area contributed by atoms with Crippen molar-refractivity contribution >= 4 is 23.3 Å². The van der Waals surface area contributed by atoms with Crippen molar-refractivity contribution in [3.05, 3.63) is 53.4 Å². The highest BCUT2D eigenvalue weighted by atomic mass is 19.1. The molecule has 9 nitrogen and oxygen atoms in total. The molecule has 2 aromatic heterocycles. The van der Waals surface area contributed by atoms with E-state index in [1.165, 1.54) is 9.80 Å². The minimum atomic E-state index is -1.04. The van der Waals surface area contributed by atoms with Crippen molar-refractivity contribution in [2.45, 2.75) is 19.4 Å². The van der Waals surface area contributed by atoms with Crippen LogP contribution in [0.25, 0.3) is 16.9 Å². The molecule has 2 aliphatic rings. The fourth-order valence-corrected chi connectivity index (χ4v) is 4.65. The lowest BCUT2D eigenvalue weighted by Crippen LogP contribution is -2.48. The lowest BCUT2D eigenvalue weighted by atomic mass is 10.0. The molecule has 3 aromatic rings. The smallest absolute Gasteiger partial charge is 0.407 e. The number of benzene rings is 1. The summed E-state index contributed by atoms with van der Waals surface area (Å²) < 4.78 is 38.4. The molecule has 5 rings (SSSR count). The highest BCUT2D eigenvalue weighted by molar-refractivity contribution is 5.95. The van der Waals surface area contributed by atoms with Crippen molar-refractivity contribution in [3.8, 4) is 11.3 Å². The SMILES string of the molecule is Cc1ccn2c(C[C@H]3CN(C(=O)O)CCO3)c(-c3c(F)cc(N4CCNCC4=O)cc3F)nc2c1. The summed E-state index contributed by atoms with van der Waals surface area (Å²) in [4.78, 5) is 30.8. The van der Waals surface area contributed by atoms with E-state index in [0.717, 1.165) is 17.7 Å². The molecule has 0 radical (unpaired) electrons. The predicted octanol–water partition coefficient (Wildman–Crippen LogP) is 2.45. The first-order chi connectivity index (χ1) is 16.8. The van der Waals surface area contributed by atoms with E-state index in [1.54, 1.807) is 10.6 Å². The molecule has 0 aliphatic carbocycles. The van der Waals surface area contributed by atoms with Gasteiger partial charge in [0.25, 0.3) is 0 Å². The predicted molar refractivity (Wildman–Crippen MR) is 124 cm³/mol. The van der Waals surface area contributed by atoms with Gasteiger partial charge in [0.15, 0.2) is 0 Å². The number of carbonyl (C=O) groups is 2. The number of nitrogens with one attached hydrogen (secondary N) is 1. The number of halogens is 2. The Balaban J connectivity index is 1.57. The maximum Gasteiger partial charge on any atom is 0.407 e. The van der Waals surface area contributed by atoms with E-state index in [-0.39, 0.29) is 55.5 Å². The molecule has 0 spiro atoms. The summed E-state index contributed by atoms with van der Waals surface area (Å²) in [7, 11) is 0. The number of aromatic nitrogens is 2. The molecule has 2 fully saturated rings. The third-order valence-electron chi connectivity index (χ3n) is 6.38. The van der Waals surface area contributed by atoms with Crippen LogP contribution in [0.3, 0.4) is 0 Å². The van der Waals surface area contributed by atoms with Gasteiger partial charge in [-0.3, -0.25) is 4.79 Å². The highest BCUT2D eigenvalue weighted by Gasteiger charge is 2.29. The number of piperazine rings is 1. The molecule has 1 aromatic carbocycles. The second-order valence-electron chi connectivity index (χ2n) is 8.77. The van der Waals surface area contributed by atoms with Crippen LogP contribution in [-0.4, -0.2) is 76.8 Å². The van der Waals surface area contributed by atoms with Crippen LogP contribution in [0.2, 0.25) is 0 Å². The maximum absolute atomic E-state index is 15.5. The number of morpholine rings is 1. The van der Waals surface area contributed by atoms with E-state index < -0.39 is 23.8 Å². The number of pyridine rings is 1. The van der Waals surface area contributed by atoms with Gasteiger partial charge in [0.1, 0.15) is 17.3 Å². The number of hydrogen-bond acceptors (Lipinski definition) is 5. The van der Waals surface area contributed by atoms with Crippen LogP contribution in [0, 0.1) is 18.6 Å². The van der Waals surface area contributed by atoms with Crippen LogP contribution < -0.4 is 10.2 Å². The molecule has 0 saturated carbocycles. The Bertz CT molecular complexity index is 1290. The molecular formula is C24H25F2N5O4. The van der Waals surface area contributed by atoms with E-state index in [9.17, 15) is 14.7 Å². The number of carboxylic acid groups (broad SMARTS) is 1. The fourth-order valence-electron chi connectivity index (χ4n) is 4.65. The number of hydrogen-bond donors (Lipinski definition) is 2. The Hall–Kier alpha value is -3.57. The zero-order valence-electron chi connectivity index (χ0n) is 19.1. The average molecular weight is 485 g/mol. The molecule has 4 heterocycles. The van der Waals surface area contributed by atoms with Crippen molar-refractivity contribution in [3.63, 3.8) is 0 Å². The number of aryl methyl sites for hydroxylation is 1. The number of nitrogens with zero attached hydrogens (tertiary/aromatic N) is 4. The summed E-state index contributed by atoms with van der Waals surface area (Å²) in [5, 5.41) is 12.3. The maximum atomic E-state index is 15.5. The number of amides is 2. The van der Waals surface area contributed by atoms with Crippen molar-refractivity contribution in [1.82, 2.24) is 19.6 Å². The van der Waals surface area contributed by atoms with Crippen molar-refractivity contribution < 1.29 is 28.2 Å². The first kappa shape index (κ1) is 23.2. The van der Waals surface area contributed by atoms with Crippen molar-refractivity contribution in [1.29, 1.82) is 0 Å². The van der Waals surface area contributed by atoms with Crippen molar-refractivity contribution in [2.24, 2.45) is 0 Å². The monoisotopic (exact) mass is 485 g/mol. The molecule has 0 unspecified atom stereocenters. The molecule has 2 amide bonds. The Kier molecular flexibility index (Phi) is 6.12. The largest absolute Gasteiger partial charge is 0.465 e. The first-order valence-corrected chi connectivity index (χ1v) is 11.4. The molecule has 0 bridgehead atoms. The molecular weight excluding hydrogens is 460 g/mol. The second-order valence-corrected chi connectivity index (χ2v) is 8.77. The lowest BCUT2D eigenvalue weighted by Gasteiger charge is -2.31. The first-order valence-electron chi connectivity index (χ1n) is 11.4. The Morgan fingerprint density at radius 3 is 2.74 bits per heavy atom. The quantitative estimate of drug-likeness (QED) is 0.589. The minimum Gasteiger partial charge on any atom is -0.465 e. The van der Waals surface area contributed by atoms with Crippen LogP contribution in [0.15, 0.2) is 30.5 Å². The third-order valence-corrected chi connectivity index (χ3v) is 6.38. The molecule has 11 heteroatoms. The second kappa shape index (κ2) is 9.23. The van der Waals surface area contributed by atoms with Crippen LogP contribution >= 0.6 is 0 Å². The van der Waals surface area contributed by atoms with Gasteiger partial charge in [-0.05, 0) is 36.8 Å².